The van der Waals surface area contributed by atoms with Crippen molar-refractivity contribution in [3.8, 4) is 11.1 Å². The van der Waals surface area contributed by atoms with Crippen LogP contribution in [0, 0.1) is 0 Å². The molecule has 0 fully saturated rings. The highest BCUT2D eigenvalue weighted by atomic mass is 35.5. The molecule has 0 bridgehead atoms. The summed E-state index contributed by atoms with van der Waals surface area (Å²) < 4.78 is 23.5. The number of nitrogens with one attached hydrogen (secondary N) is 1. The molecule has 1 N–H and O–H groups in total. The Kier molecular flexibility index (Phi) is 6.26. The maximum atomic E-state index is 12.8. The number of pyridine rings is 1. The monoisotopic (exact) mass is 464 g/mol. The van der Waals surface area contributed by atoms with Crippen LogP contribution in [0.5, 0.6) is 0 Å². The van der Waals surface area contributed by atoms with Crippen molar-refractivity contribution in [3.05, 3.63) is 95.3 Å². The van der Waals surface area contributed by atoms with Gasteiger partial charge in [0.1, 0.15) is 0 Å². The van der Waals surface area contributed by atoms with Crippen molar-refractivity contribution >= 4 is 38.1 Å². The van der Waals surface area contributed by atoms with Gasteiger partial charge in [0.2, 0.25) is 0 Å². The SMILES string of the molecule is CS(=O)(=O)c1cccc(CCNC(=O)c2ccc3cncc(-c4ccc(Cl)cc4)c3c2)c1. The summed E-state index contributed by atoms with van der Waals surface area (Å²) in [6.07, 6.45) is 5.26. The van der Waals surface area contributed by atoms with Gasteiger partial charge in [-0.3, -0.25) is 9.78 Å². The molecule has 0 atom stereocenters. The maximum Gasteiger partial charge on any atom is 0.251 e. The van der Waals surface area contributed by atoms with Gasteiger partial charge in [0.25, 0.3) is 5.91 Å². The Labute approximate surface area is 192 Å². The van der Waals surface area contributed by atoms with Gasteiger partial charge < -0.3 is 5.32 Å². The lowest BCUT2D eigenvalue weighted by molar-refractivity contribution is 0.0954. The molecule has 4 aromatic rings. The summed E-state index contributed by atoms with van der Waals surface area (Å²) in [7, 11) is -3.26. The number of hydrogen-bond acceptors (Lipinski definition) is 4. The first-order valence-corrected chi connectivity index (χ1v) is 12.3. The van der Waals surface area contributed by atoms with Gasteiger partial charge in [0, 0.05) is 46.7 Å². The number of sulfone groups is 1. The Morgan fingerprint density at radius 1 is 1.00 bits per heavy atom. The lowest BCUT2D eigenvalue weighted by Crippen LogP contribution is -2.25. The number of benzene rings is 3. The number of carbonyl (C=O) groups is 1. The molecule has 4 rings (SSSR count). The topological polar surface area (TPSA) is 76.1 Å². The summed E-state index contributed by atoms with van der Waals surface area (Å²) in [5.74, 6) is -0.190. The van der Waals surface area contributed by atoms with E-state index in [1.807, 2.05) is 42.5 Å². The molecular formula is C25H21ClN2O3S. The van der Waals surface area contributed by atoms with E-state index in [1.54, 1.807) is 36.7 Å². The summed E-state index contributed by atoms with van der Waals surface area (Å²) in [5.41, 5.74) is 3.29. The van der Waals surface area contributed by atoms with Crippen LogP contribution in [0.15, 0.2) is 84.0 Å². The number of hydrogen-bond donors (Lipinski definition) is 1. The van der Waals surface area contributed by atoms with Gasteiger partial charge in [-0.25, -0.2) is 8.42 Å². The van der Waals surface area contributed by atoms with E-state index >= 15 is 0 Å². The van der Waals surface area contributed by atoms with Crippen LogP contribution >= 0.6 is 11.6 Å². The van der Waals surface area contributed by atoms with E-state index < -0.39 is 9.84 Å². The average Bonchev–Trinajstić information content (AvgIpc) is 2.78. The fourth-order valence-electron chi connectivity index (χ4n) is 3.52. The molecule has 162 valence electrons. The highest BCUT2D eigenvalue weighted by Gasteiger charge is 2.11. The van der Waals surface area contributed by atoms with E-state index in [0.717, 1.165) is 27.5 Å². The Morgan fingerprint density at radius 3 is 2.53 bits per heavy atom. The van der Waals surface area contributed by atoms with Crippen molar-refractivity contribution in [1.82, 2.24) is 10.3 Å². The van der Waals surface area contributed by atoms with Crippen molar-refractivity contribution in [1.29, 1.82) is 0 Å². The highest BCUT2D eigenvalue weighted by molar-refractivity contribution is 7.90. The zero-order chi connectivity index (χ0) is 22.7. The van der Waals surface area contributed by atoms with Crippen molar-refractivity contribution in [2.24, 2.45) is 0 Å². The van der Waals surface area contributed by atoms with Crippen molar-refractivity contribution in [3.63, 3.8) is 0 Å². The standard InChI is InChI=1S/C25H21ClN2O3S/c1-32(30,31)22-4-2-3-17(13-22)11-12-28-25(29)19-5-6-20-15-27-16-24(23(20)14-19)18-7-9-21(26)10-8-18/h2-10,13-16H,11-12H2,1H3,(H,28,29). The van der Waals surface area contributed by atoms with Crippen molar-refractivity contribution in [2.75, 3.05) is 12.8 Å². The molecule has 1 aromatic heterocycles. The molecule has 7 heteroatoms. The van der Waals surface area contributed by atoms with Crippen LogP contribution in [0.4, 0.5) is 0 Å². The number of rotatable bonds is 6. The smallest absolute Gasteiger partial charge is 0.251 e. The van der Waals surface area contributed by atoms with Crippen LogP contribution in [-0.2, 0) is 16.3 Å². The predicted molar refractivity (Wildman–Crippen MR) is 128 cm³/mol. The third-order valence-electron chi connectivity index (χ3n) is 5.20. The molecule has 5 nitrogen and oxygen atoms in total. The van der Waals surface area contributed by atoms with Crippen molar-refractivity contribution < 1.29 is 13.2 Å². The molecule has 0 unspecified atom stereocenters. The first-order chi connectivity index (χ1) is 15.3. The average molecular weight is 465 g/mol. The summed E-state index contributed by atoms with van der Waals surface area (Å²) in [6, 6.07) is 19.8. The quantitative estimate of drug-likeness (QED) is 0.439. The number of nitrogens with zero attached hydrogens (tertiary/aromatic N) is 1. The summed E-state index contributed by atoms with van der Waals surface area (Å²) >= 11 is 6.01. The normalized spacial score (nSPS) is 11.4. The molecule has 0 aliphatic carbocycles. The van der Waals surface area contributed by atoms with Gasteiger partial charge in [0.15, 0.2) is 9.84 Å². The Hall–Kier alpha value is -3.22. The van der Waals surface area contributed by atoms with Crippen molar-refractivity contribution in [2.45, 2.75) is 11.3 Å². The molecule has 0 radical (unpaired) electrons. The van der Waals surface area contributed by atoms with Gasteiger partial charge in [0.05, 0.1) is 4.90 Å². The minimum Gasteiger partial charge on any atom is -0.352 e. The third kappa shape index (κ3) is 4.98. The molecule has 0 aliphatic rings. The maximum absolute atomic E-state index is 12.8. The molecule has 0 spiro atoms. The largest absolute Gasteiger partial charge is 0.352 e. The van der Waals surface area contributed by atoms with E-state index in [0.29, 0.717) is 23.6 Å². The number of halogens is 1. The molecule has 3 aromatic carbocycles. The molecule has 1 amide bonds. The minimum absolute atomic E-state index is 0.190. The third-order valence-corrected chi connectivity index (χ3v) is 6.57. The molecular weight excluding hydrogens is 444 g/mol. The van der Waals surface area contributed by atoms with Crippen LogP contribution in [0.25, 0.3) is 21.9 Å². The highest BCUT2D eigenvalue weighted by Crippen LogP contribution is 2.29. The minimum atomic E-state index is -3.26. The molecule has 0 saturated carbocycles. The number of amides is 1. The van der Waals surface area contributed by atoms with Gasteiger partial charge >= 0.3 is 0 Å². The fraction of sp³-hybridized carbons (Fsp3) is 0.120. The Bertz CT molecular complexity index is 1400. The Morgan fingerprint density at radius 2 is 1.78 bits per heavy atom. The van der Waals surface area contributed by atoms with E-state index in [4.69, 9.17) is 11.6 Å². The van der Waals surface area contributed by atoms with Gasteiger partial charge in [-0.15, -0.1) is 0 Å². The number of fused-ring (bicyclic) bond motifs is 1. The molecule has 0 saturated heterocycles. The second-order valence-electron chi connectivity index (χ2n) is 7.56. The second kappa shape index (κ2) is 9.10. The lowest BCUT2D eigenvalue weighted by Gasteiger charge is -2.10. The van der Waals surface area contributed by atoms with Crippen LogP contribution in [0.3, 0.4) is 0 Å². The second-order valence-corrected chi connectivity index (χ2v) is 10.0. The lowest BCUT2D eigenvalue weighted by atomic mass is 9.99. The molecule has 1 heterocycles. The number of carbonyl (C=O) groups excluding carboxylic acids is 1. The first-order valence-electron chi connectivity index (χ1n) is 10.0. The van der Waals surface area contributed by atoms with Crippen LogP contribution in [0.1, 0.15) is 15.9 Å². The number of aromatic nitrogens is 1. The van der Waals surface area contributed by atoms with E-state index in [9.17, 15) is 13.2 Å². The van der Waals surface area contributed by atoms with Crippen LogP contribution in [-0.4, -0.2) is 32.1 Å². The molecule has 0 aliphatic heterocycles. The first kappa shape index (κ1) is 22.0. The Balaban J connectivity index is 1.52. The molecule has 32 heavy (non-hydrogen) atoms. The predicted octanol–water partition coefficient (Wildman–Crippen LogP) is 4.93. The zero-order valence-corrected chi connectivity index (χ0v) is 19.0. The summed E-state index contributed by atoms with van der Waals surface area (Å²) in [6.45, 7) is 0.393. The summed E-state index contributed by atoms with van der Waals surface area (Å²) in [4.78, 5) is 17.4. The van der Waals surface area contributed by atoms with E-state index in [-0.39, 0.29) is 10.8 Å². The van der Waals surface area contributed by atoms with Gasteiger partial charge in [-0.05, 0) is 59.3 Å². The summed E-state index contributed by atoms with van der Waals surface area (Å²) in [5, 5.41) is 5.44. The van der Waals surface area contributed by atoms with E-state index in [1.165, 1.54) is 6.26 Å². The van der Waals surface area contributed by atoms with Gasteiger partial charge in [-0.1, -0.05) is 41.9 Å². The van der Waals surface area contributed by atoms with Crippen LogP contribution < -0.4 is 5.32 Å². The fourth-order valence-corrected chi connectivity index (χ4v) is 4.34. The zero-order valence-electron chi connectivity index (χ0n) is 17.4. The van der Waals surface area contributed by atoms with Crippen LogP contribution in [0.2, 0.25) is 5.02 Å². The van der Waals surface area contributed by atoms with Gasteiger partial charge in [-0.2, -0.15) is 0 Å². The van der Waals surface area contributed by atoms with E-state index in [2.05, 4.69) is 10.3 Å².